The van der Waals surface area contributed by atoms with Crippen molar-refractivity contribution in [1.29, 1.82) is 0 Å². The first-order valence-electron chi connectivity index (χ1n) is 17.7. The lowest BCUT2D eigenvalue weighted by Gasteiger charge is -2.20. The quantitative estimate of drug-likeness (QED) is 0.0366. The molecule has 0 aromatic heterocycles. The summed E-state index contributed by atoms with van der Waals surface area (Å²) in [5, 5.41) is 18.2. The van der Waals surface area contributed by atoms with Gasteiger partial charge in [-0.05, 0) is 24.7 Å². The monoisotopic (exact) mass is 666 g/mol. The standard InChI is InChI=1S/C34H67O10P/c1-5-30(4)22-18-14-10-6-7-11-16-20-24-34(38)44-32(28-43-45(39,40)42-26-31(36)25-35)27-41-33(37)23-19-15-12-8-9-13-17-21-29(2)3/h29-32,35-36H,5-28H2,1-4H3,(H,39,40)/t30?,31-,32+/m0/s1. The molecule has 0 bridgehead atoms. The summed E-state index contributed by atoms with van der Waals surface area (Å²) in [5.74, 6) is 0.630. The van der Waals surface area contributed by atoms with Gasteiger partial charge in [-0.3, -0.25) is 18.6 Å². The van der Waals surface area contributed by atoms with Crippen LogP contribution in [-0.2, 0) is 32.7 Å². The number of phosphoric ester groups is 1. The third kappa shape index (κ3) is 30.1. The van der Waals surface area contributed by atoms with Crippen molar-refractivity contribution in [3.8, 4) is 0 Å². The van der Waals surface area contributed by atoms with E-state index in [1.807, 2.05) is 0 Å². The number of carbonyl (C=O) groups is 2. The molecule has 0 saturated heterocycles. The van der Waals surface area contributed by atoms with Gasteiger partial charge in [-0.15, -0.1) is 0 Å². The Morgan fingerprint density at radius 3 is 1.64 bits per heavy atom. The van der Waals surface area contributed by atoms with Gasteiger partial charge in [-0.2, -0.15) is 0 Å². The molecule has 0 fully saturated rings. The first-order chi connectivity index (χ1) is 21.5. The van der Waals surface area contributed by atoms with Crippen molar-refractivity contribution < 1.29 is 47.8 Å². The topological polar surface area (TPSA) is 149 Å². The molecule has 2 unspecified atom stereocenters. The average molecular weight is 667 g/mol. The average Bonchev–Trinajstić information content (AvgIpc) is 3.00. The fourth-order valence-corrected chi connectivity index (χ4v) is 5.59. The number of hydrogen-bond acceptors (Lipinski definition) is 9. The van der Waals surface area contributed by atoms with E-state index in [9.17, 15) is 24.2 Å². The SMILES string of the molecule is CCC(C)CCCCCCCCCCC(=O)O[C@H](COC(=O)CCCCCCCCCC(C)C)COP(=O)(O)OC[C@@H](O)CO. The molecule has 45 heavy (non-hydrogen) atoms. The minimum atomic E-state index is -4.60. The molecule has 0 aliphatic rings. The molecule has 11 heteroatoms. The third-order valence-corrected chi connectivity index (χ3v) is 8.93. The highest BCUT2D eigenvalue weighted by Crippen LogP contribution is 2.43. The second-order valence-corrected chi connectivity index (χ2v) is 14.4. The lowest BCUT2D eigenvalue weighted by molar-refractivity contribution is -0.161. The van der Waals surface area contributed by atoms with Gasteiger partial charge >= 0.3 is 19.8 Å². The zero-order chi connectivity index (χ0) is 33.8. The van der Waals surface area contributed by atoms with Gasteiger partial charge in [-0.25, -0.2) is 4.57 Å². The highest BCUT2D eigenvalue weighted by atomic mass is 31.2. The fourth-order valence-electron chi connectivity index (χ4n) is 4.80. The number of hydrogen-bond donors (Lipinski definition) is 3. The van der Waals surface area contributed by atoms with E-state index in [1.165, 1.54) is 64.2 Å². The van der Waals surface area contributed by atoms with Gasteiger partial charge in [0, 0.05) is 12.8 Å². The van der Waals surface area contributed by atoms with Crippen molar-refractivity contribution in [3.05, 3.63) is 0 Å². The van der Waals surface area contributed by atoms with E-state index in [-0.39, 0.29) is 19.4 Å². The van der Waals surface area contributed by atoms with E-state index in [0.717, 1.165) is 50.4 Å². The zero-order valence-electron chi connectivity index (χ0n) is 28.9. The van der Waals surface area contributed by atoms with Crippen molar-refractivity contribution in [2.24, 2.45) is 11.8 Å². The molecule has 4 atom stereocenters. The molecule has 0 amide bonds. The van der Waals surface area contributed by atoms with Crippen LogP contribution in [0.3, 0.4) is 0 Å². The number of esters is 2. The molecular weight excluding hydrogens is 599 g/mol. The van der Waals surface area contributed by atoms with Crippen LogP contribution in [-0.4, -0.2) is 65.7 Å². The molecule has 0 aromatic rings. The normalized spacial score (nSPS) is 15.0. The van der Waals surface area contributed by atoms with Crippen LogP contribution < -0.4 is 0 Å². The summed E-state index contributed by atoms with van der Waals surface area (Å²) in [7, 11) is -4.60. The van der Waals surface area contributed by atoms with E-state index >= 15 is 0 Å². The number of aliphatic hydroxyl groups is 2. The summed E-state index contributed by atoms with van der Waals surface area (Å²) in [5.41, 5.74) is 0. The van der Waals surface area contributed by atoms with Crippen LogP contribution in [0, 0.1) is 11.8 Å². The summed E-state index contributed by atoms with van der Waals surface area (Å²) in [6, 6.07) is 0. The summed E-state index contributed by atoms with van der Waals surface area (Å²) >= 11 is 0. The minimum absolute atomic E-state index is 0.187. The molecular formula is C34H67O10P. The van der Waals surface area contributed by atoms with E-state index in [4.69, 9.17) is 19.1 Å². The number of unbranched alkanes of at least 4 members (excludes halogenated alkanes) is 13. The molecule has 0 radical (unpaired) electrons. The Labute approximate surface area is 273 Å². The number of phosphoric acid groups is 1. The maximum Gasteiger partial charge on any atom is 0.472 e. The molecule has 10 nitrogen and oxygen atoms in total. The molecule has 0 aliphatic heterocycles. The molecule has 0 heterocycles. The number of aliphatic hydroxyl groups excluding tert-OH is 2. The Hall–Kier alpha value is -1.03. The number of carbonyl (C=O) groups excluding carboxylic acids is 2. The molecule has 0 spiro atoms. The van der Waals surface area contributed by atoms with Gasteiger partial charge in [0.25, 0.3) is 0 Å². The minimum Gasteiger partial charge on any atom is -0.462 e. The van der Waals surface area contributed by atoms with Gasteiger partial charge in [0.05, 0.1) is 19.8 Å². The molecule has 0 aliphatic carbocycles. The molecule has 0 saturated carbocycles. The van der Waals surface area contributed by atoms with Gasteiger partial charge < -0.3 is 24.6 Å². The zero-order valence-corrected chi connectivity index (χ0v) is 29.8. The van der Waals surface area contributed by atoms with Crippen molar-refractivity contribution >= 4 is 19.8 Å². The van der Waals surface area contributed by atoms with Crippen molar-refractivity contribution in [3.63, 3.8) is 0 Å². The summed E-state index contributed by atoms with van der Waals surface area (Å²) in [6.07, 6.45) is 18.2. The Bertz CT molecular complexity index is 763. The lowest BCUT2D eigenvalue weighted by atomic mass is 9.99. The molecule has 0 aromatic carbocycles. The van der Waals surface area contributed by atoms with Crippen LogP contribution >= 0.6 is 7.82 Å². The third-order valence-electron chi connectivity index (χ3n) is 7.98. The highest BCUT2D eigenvalue weighted by molar-refractivity contribution is 7.47. The Morgan fingerprint density at radius 1 is 0.667 bits per heavy atom. The second-order valence-electron chi connectivity index (χ2n) is 13.0. The van der Waals surface area contributed by atoms with Gasteiger partial charge in [0.1, 0.15) is 12.7 Å². The fraction of sp³-hybridized carbons (Fsp3) is 0.941. The van der Waals surface area contributed by atoms with Crippen LogP contribution in [0.15, 0.2) is 0 Å². The van der Waals surface area contributed by atoms with Crippen LogP contribution in [0.2, 0.25) is 0 Å². The smallest absolute Gasteiger partial charge is 0.462 e. The lowest BCUT2D eigenvalue weighted by Crippen LogP contribution is -2.29. The Morgan fingerprint density at radius 2 is 1.13 bits per heavy atom. The van der Waals surface area contributed by atoms with E-state index in [1.54, 1.807) is 0 Å². The molecule has 268 valence electrons. The maximum absolute atomic E-state index is 12.5. The van der Waals surface area contributed by atoms with Crippen LogP contribution in [0.5, 0.6) is 0 Å². The summed E-state index contributed by atoms with van der Waals surface area (Å²) in [6.45, 7) is 6.93. The van der Waals surface area contributed by atoms with Crippen molar-refractivity contribution in [2.75, 3.05) is 26.4 Å². The van der Waals surface area contributed by atoms with Gasteiger partial charge in [0.15, 0.2) is 6.10 Å². The first-order valence-corrected chi connectivity index (χ1v) is 19.2. The largest absolute Gasteiger partial charge is 0.472 e. The molecule has 3 N–H and O–H groups in total. The van der Waals surface area contributed by atoms with Crippen LogP contribution in [0.4, 0.5) is 0 Å². The first kappa shape index (κ1) is 44.0. The van der Waals surface area contributed by atoms with Crippen molar-refractivity contribution in [1.82, 2.24) is 0 Å². The number of rotatable bonds is 32. The molecule has 0 rings (SSSR count). The predicted octanol–water partition coefficient (Wildman–Crippen LogP) is 8.04. The summed E-state index contributed by atoms with van der Waals surface area (Å²) < 4.78 is 32.5. The predicted molar refractivity (Wildman–Crippen MR) is 178 cm³/mol. The van der Waals surface area contributed by atoms with E-state index in [2.05, 4.69) is 32.2 Å². The van der Waals surface area contributed by atoms with E-state index < -0.39 is 51.8 Å². The van der Waals surface area contributed by atoms with E-state index in [0.29, 0.717) is 12.8 Å². The maximum atomic E-state index is 12.5. The Kier molecular flexibility index (Phi) is 28.5. The summed E-state index contributed by atoms with van der Waals surface area (Å²) in [4.78, 5) is 34.7. The van der Waals surface area contributed by atoms with Gasteiger partial charge in [-0.1, -0.05) is 130 Å². The van der Waals surface area contributed by atoms with Crippen molar-refractivity contribution in [2.45, 2.75) is 168 Å². The highest BCUT2D eigenvalue weighted by Gasteiger charge is 2.27. The van der Waals surface area contributed by atoms with Gasteiger partial charge in [0.2, 0.25) is 0 Å². The number of ether oxygens (including phenoxy) is 2. The Balaban J connectivity index is 4.43. The van der Waals surface area contributed by atoms with Crippen LogP contribution in [0.25, 0.3) is 0 Å². The van der Waals surface area contributed by atoms with Crippen LogP contribution in [0.1, 0.15) is 156 Å². The second kappa shape index (κ2) is 29.1.